The Morgan fingerprint density at radius 1 is 0.926 bits per heavy atom. The Morgan fingerprint density at radius 2 is 1.44 bits per heavy atom. The molecule has 0 aromatic heterocycles. The normalized spacial score (nSPS) is 13.1. The summed E-state index contributed by atoms with van der Waals surface area (Å²) in [6, 6.07) is 0. The second kappa shape index (κ2) is 20.8. The monoisotopic (exact) mass is 504 g/mol. The quantitative estimate of drug-likeness (QED) is 0.0758. The number of hydrogen-bond acceptors (Lipinski definition) is 3. The van der Waals surface area contributed by atoms with Gasteiger partial charge in [-0.15, -0.1) is 0 Å². The molecule has 0 aliphatic heterocycles. The first-order valence-electron chi connectivity index (χ1n) is 10.8. The first kappa shape index (κ1) is 29.3. The second-order valence-corrected chi connectivity index (χ2v) is 8.11. The van der Waals surface area contributed by atoms with E-state index in [9.17, 15) is 4.79 Å². The van der Waals surface area contributed by atoms with Gasteiger partial charge in [-0.25, -0.2) is 0 Å². The van der Waals surface area contributed by atoms with Crippen molar-refractivity contribution in [1.29, 1.82) is 0 Å². The van der Waals surface area contributed by atoms with Crippen LogP contribution in [0.1, 0.15) is 104 Å². The van der Waals surface area contributed by atoms with Crippen molar-refractivity contribution >= 4 is 42.5 Å². The molecule has 0 saturated carbocycles. The molecule has 0 spiro atoms. The van der Waals surface area contributed by atoms with E-state index in [0.29, 0.717) is 6.42 Å². The molecule has 0 heterocycles. The van der Waals surface area contributed by atoms with Crippen LogP contribution in [-0.2, 0) is 9.53 Å². The Bertz CT molecular complexity index is 385. The van der Waals surface area contributed by atoms with Gasteiger partial charge in [-0.2, -0.15) is 12.6 Å². The van der Waals surface area contributed by atoms with Crippen molar-refractivity contribution in [3.63, 3.8) is 0 Å². The molecule has 27 heavy (non-hydrogen) atoms. The fourth-order valence-corrected chi connectivity index (χ4v) is 3.23. The van der Waals surface area contributed by atoms with Crippen LogP contribution in [-0.4, -0.2) is 41.2 Å². The van der Waals surface area contributed by atoms with E-state index in [4.69, 9.17) is 4.74 Å². The van der Waals surface area contributed by atoms with Crippen molar-refractivity contribution in [2.75, 3.05) is 6.61 Å². The van der Waals surface area contributed by atoms with Gasteiger partial charge in [0.1, 0.15) is 11.4 Å². The van der Waals surface area contributed by atoms with Gasteiger partial charge in [-0.05, 0) is 38.5 Å². The number of allylic oxidation sites excluding steroid dienone is 2. The molecule has 0 bridgehead atoms. The van der Waals surface area contributed by atoms with Gasteiger partial charge in [0, 0.05) is 0 Å². The summed E-state index contributed by atoms with van der Waals surface area (Å²) < 4.78 is 4.54. The molecule has 4 heteroatoms. The summed E-state index contributed by atoms with van der Waals surface area (Å²) in [5, 5.41) is 0. The first-order valence-corrected chi connectivity index (χ1v) is 11.2. The van der Waals surface area contributed by atoms with Crippen LogP contribution < -0.4 is 0 Å². The maximum atomic E-state index is 12.1. The van der Waals surface area contributed by atoms with Gasteiger partial charge in [0.15, 0.2) is 0 Å². The Kier molecular flexibility index (Phi) is 22.6. The van der Waals surface area contributed by atoms with E-state index < -0.39 is 4.75 Å². The van der Waals surface area contributed by atoms with Crippen LogP contribution in [0.2, 0.25) is 0 Å². The topological polar surface area (TPSA) is 26.3 Å². The van der Waals surface area contributed by atoms with Gasteiger partial charge >= 0.3 is 29.9 Å². The number of carbonyl (C=O) groups excluding carboxylic acids is 1. The van der Waals surface area contributed by atoms with E-state index in [1.807, 2.05) is 6.92 Å². The van der Waals surface area contributed by atoms with Crippen molar-refractivity contribution in [3.05, 3.63) is 24.8 Å². The summed E-state index contributed by atoms with van der Waals surface area (Å²) in [7, 11) is 0. The Labute approximate surface area is 191 Å². The van der Waals surface area contributed by atoms with E-state index in [2.05, 4.69) is 38.3 Å². The third-order valence-corrected chi connectivity index (χ3v) is 5.62. The zero-order valence-electron chi connectivity index (χ0n) is 18.0. The van der Waals surface area contributed by atoms with Gasteiger partial charge < -0.3 is 4.74 Å². The fraction of sp³-hybridized carbons (Fsp3) is 0.783. The third-order valence-electron chi connectivity index (χ3n) is 4.90. The van der Waals surface area contributed by atoms with Crippen LogP contribution in [0, 0.1) is 0 Å². The molecule has 0 fully saturated rings. The van der Waals surface area contributed by atoms with Crippen LogP contribution in [0.25, 0.3) is 0 Å². The van der Waals surface area contributed by atoms with E-state index in [-0.39, 0.29) is 36.5 Å². The number of thiol groups is 1. The van der Waals surface area contributed by atoms with Crippen molar-refractivity contribution in [2.24, 2.45) is 0 Å². The summed E-state index contributed by atoms with van der Waals surface area (Å²) in [5.74, 6) is -0.208. The molecular formula is C23H44O2SSn. The zero-order chi connectivity index (χ0) is 19.5. The van der Waals surface area contributed by atoms with Gasteiger partial charge in [-0.3, -0.25) is 4.79 Å². The summed E-state index contributed by atoms with van der Waals surface area (Å²) in [4.78, 5) is 12.1. The van der Waals surface area contributed by atoms with Crippen LogP contribution >= 0.6 is 12.6 Å². The molecule has 158 valence electrons. The number of hydrogen-bond donors (Lipinski definition) is 1. The summed E-state index contributed by atoms with van der Waals surface area (Å²) >= 11 is 4.58. The van der Waals surface area contributed by atoms with E-state index in [1.54, 1.807) is 6.08 Å². The van der Waals surface area contributed by atoms with E-state index >= 15 is 0 Å². The minimum absolute atomic E-state index is 0. The number of unbranched alkanes of at least 4 members (excludes halogenated alkanes) is 10. The molecule has 1 atom stereocenters. The van der Waals surface area contributed by atoms with Crippen LogP contribution in [0.15, 0.2) is 24.8 Å². The molecule has 0 saturated heterocycles. The summed E-state index contributed by atoms with van der Waals surface area (Å²) in [6.07, 6.45) is 23.1. The molecule has 2 nitrogen and oxygen atoms in total. The second-order valence-electron chi connectivity index (χ2n) is 7.25. The molecule has 0 rings (SSSR count). The maximum absolute atomic E-state index is 12.1. The number of rotatable bonds is 18. The molecule has 0 amide bonds. The predicted molar refractivity (Wildman–Crippen MR) is 127 cm³/mol. The third kappa shape index (κ3) is 16.7. The fourth-order valence-electron chi connectivity index (χ4n) is 3.00. The van der Waals surface area contributed by atoms with Crippen molar-refractivity contribution in [2.45, 2.75) is 108 Å². The van der Waals surface area contributed by atoms with Crippen LogP contribution in [0.5, 0.6) is 0 Å². The SMILES string of the molecule is C=CCOC(=O)C(S)(CC)CCCCCC/C=C\CCCCCCCC.[SnH2]. The predicted octanol–water partition coefficient (Wildman–Crippen LogP) is 6.53. The molecular weight excluding hydrogens is 459 g/mol. The zero-order valence-corrected chi connectivity index (χ0v) is 22.9. The Hall–Kier alpha value is 0.0987. The van der Waals surface area contributed by atoms with E-state index in [1.165, 1.54) is 64.2 Å². The summed E-state index contributed by atoms with van der Waals surface area (Å²) in [6.45, 7) is 8.11. The summed E-state index contributed by atoms with van der Waals surface area (Å²) in [5.41, 5.74) is 0. The minimum atomic E-state index is -0.639. The van der Waals surface area contributed by atoms with Gasteiger partial charge in [-0.1, -0.05) is 90.0 Å². The number of carbonyl (C=O) groups is 1. The van der Waals surface area contributed by atoms with Crippen molar-refractivity contribution < 1.29 is 9.53 Å². The standard InChI is InChI=1S/C23H42O2S.Sn.2H/c1-4-7-8-9-10-11-12-13-14-15-16-17-18-19-20-23(26,6-3)22(24)25-21-5-2;;;/h5,13-14,26H,2,4,6-12,15-21H2,1,3H3;;;/b14-13-;;;. The average molecular weight is 503 g/mol. The Morgan fingerprint density at radius 3 is 1.96 bits per heavy atom. The van der Waals surface area contributed by atoms with E-state index in [0.717, 1.165) is 19.3 Å². The number of ether oxygens (including phenoxy) is 1. The molecule has 0 aliphatic rings. The molecule has 2 radical (unpaired) electrons. The molecule has 0 aliphatic carbocycles. The molecule has 0 aromatic carbocycles. The number of esters is 1. The average Bonchev–Trinajstić information content (AvgIpc) is 2.66. The van der Waals surface area contributed by atoms with Gasteiger partial charge in [0.25, 0.3) is 0 Å². The van der Waals surface area contributed by atoms with Gasteiger partial charge in [0.2, 0.25) is 0 Å². The van der Waals surface area contributed by atoms with Crippen molar-refractivity contribution in [1.82, 2.24) is 0 Å². The molecule has 1 unspecified atom stereocenters. The first-order chi connectivity index (χ1) is 12.6. The molecule has 0 N–H and O–H groups in total. The molecule has 0 aromatic rings. The van der Waals surface area contributed by atoms with Crippen LogP contribution in [0.4, 0.5) is 0 Å². The van der Waals surface area contributed by atoms with Gasteiger partial charge in [0.05, 0.1) is 0 Å². The van der Waals surface area contributed by atoms with Crippen LogP contribution in [0.3, 0.4) is 0 Å². The van der Waals surface area contributed by atoms with Crippen molar-refractivity contribution in [3.8, 4) is 0 Å². The Balaban J connectivity index is 0.